The zero-order valence-electron chi connectivity index (χ0n) is 12.2. The fourth-order valence-electron chi connectivity index (χ4n) is 3.00. The van der Waals surface area contributed by atoms with Gasteiger partial charge in [-0.3, -0.25) is 4.68 Å². The smallest absolute Gasteiger partial charge is 0.146 e. The molecule has 1 fully saturated rings. The first kappa shape index (κ1) is 13.3. The molecule has 2 aromatic rings. The van der Waals surface area contributed by atoms with Gasteiger partial charge < -0.3 is 10.0 Å². The maximum atomic E-state index is 10.2. The van der Waals surface area contributed by atoms with Gasteiger partial charge in [0.2, 0.25) is 0 Å². The summed E-state index contributed by atoms with van der Waals surface area (Å²) in [5.41, 5.74) is 2.44. The molecule has 0 bridgehead atoms. The van der Waals surface area contributed by atoms with E-state index in [1.807, 2.05) is 10.7 Å². The number of aliphatic hydroxyl groups is 1. The predicted octanol–water partition coefficient (Wildman–Crippen LogP) is 1.61. The molecule has 1 aliphatic carbocycles. The standard InChI is InChI=1S/C16H17N5O/c17-9-12-2-1-5-18-16(12)20-6-7-21-13(10-20)8-14(19-21)15(22)11-3-4-11/h1-2,5,8,11,15,22H,3-4,6-7,10H2. The number of nitrogens with zero attached hydrogens (tertiary/aromatic N) is 5. The van der Waals surface area contributed by atoms with Crippen molar-refractivity contribution in [3.05, 3.63) is 41.3 Å². The van der Waals surface area contributed by atoms with Crippen molar-refractivity contribution < 1.29 is 5.11 Å². The maximum Gasteiger partial charge on any atom is 0.146 e. The molecule has 112 valence electrons. The number of rotatable bonds is 3. The first-order valence-electron chi connectivity index (χ1n) is 7.61. The van der Waals surface area contributed by atoms with Crippen LogP contribution in [0.1, 0.15) is 35.9 Å². The van der Waals surface area contributed by atoms with Gasteiger partial charge in [0.1, 0.15) is 18.0 Å². The topological polar surface area (TPSA) is 78.0 Å². The molecule has 0 spiro atoms. The molecule has 2 aliphatic rings. The highest BCUT2D eigenvalue weighted by molar-refractivity contribution is 5.53. The molecule has 22 heavy (non-hydrogen) atoms. The van der Waals surface area contributed by atoms with E-state index >= 15 is 0 Å². The van der Waals surface area contributed by atoms with Gasteiger partial charge in [-0.1, -0.05) is 0 Å². The van der Waals surface area contributed by atoms with Crippen LogP contribution in [0.3, 0.4) is 0 Å². The van der Waals surface area contributed by atoms with Gasteiger partial charge in [-0.15, -0.1) is 0 Å². The van der Waals surface area contributed by atoms with E-state index in [0.29, 0.717) is 18.0 Å². The highest BCUT2D eigenvalue weighted by Gasteiger charge is 2.33. The summed E-state index contributed by atoms with van der Waals surface area (Å²) >= 11 is 0. The van der Waals surface area contributed by atoms with E-state index in [2.05, 4.69) is 21.1 Å². The molecule has 1 unspecified atom stereocenters. The Hall–Kier alpha value is -2.39. The Morgan fingerprint density at radius 3 is 3.00 bits per heavy atom. The van der Waals surface area contributed by atoms with Gasteiger partial charge >= 0.3 is 0 Å². The van der Waals surface area contributed by atoms with Crippen LogP contribution in [-0.2, 0) is 13.1 Å². The summed E-state index contributed by atoms with van der Waals surface area (Å²) in [6.45, 7) is 2.17. The Morgan fingerprint density at radius 2 is 2.23 bits per heavy atom. The van der Waals surface area contributed by atoms with Crippen LogP contribution in [0.15, 0.2) is 24.4 Å². The van der Waals surface area contributed by atoms with Gasteiger partial charge in [0.05, 0.1) is 30.0 Å². The second kappa shape index (κ2) is 5.11. The zero-order chi connectivity index (χ0) is 15.1. The minimum Gasteiger partial charge on any atom is -0.386 e. The van der Waals surface area contributed by atoms with E-state index in [0.717, 1.165) is 43.1 Å². The van der Waals surface area contributed by atoms with Crippen LogP contribution in [0.4, 0.5) is 5.82 Å². The monoisotopic (exact) mass is 295 g/mol. The molecule has 6 nitrogen and oxygen atoms in total. The molecule has 0 amide bonds. The van der Waals surface area contributed by atoms with E-state index in [4.69, 9.17) is 0 Å². The van der Waals surface area contributed by atoms with Crippen molar-refractivity contribution in [3.8, 4) is 6.07 Å². The molecule has 0 saturated heterocycles. The number of fused-ring (bicyclic) bond motifs is 1. The minimum absolute atomic E-state index is 0.383. The van der Waals surface area contributed by atoms with Crippen LogP contribution in [0, 0.1) is 17.2 Å². The fourth-order valence-corrected chi connectivity index (χ4v) is 3.00. The molecule has 1 aliphatic heterocycles. The van der Waals surface area contributed by atoms with E-state index in [-0.39, 0.29) is 0 Å². The lowest BCUT2D eigenvalue weighted by molar-refractivity contribution is 0.148. The van der Waals surface area contributed by atoms with Crippen molar-refractivity contribution in [1.29, 1.82) is 5.26 Å². The van der Waals surface area contributed by atoms with E-state index in [9.17, 15) is 10.4 Å². The Morgan fingerprint density at radius 1 is 1.36 bits per heavy atom. The molecular weight excluding hydrogens is 278 g/mol. The number of aromatic nitrogens is 3. The lowest BCUT2D eigenvalue weighted by Gasteiger charge is -2.29. The average Bonchev–Trinajstić information content (AvgIpc) is 3.32. The number of anilines is 1. The van der Waals surface area contributed by atoms with Crippen LogP contribution >= 0.6 is 0 Å². The normalized spacial score (nSPS) is 18.6. The number of hydrogen-bond acceptors (Lipinski definition) is 5. The zero-order valence-corrected chi connectivity index (χ0v) is 12.2. The van der Waals surface area contributed by atoms with Gasteiger partial charge in [0.15, 0.2) is 0 Å². The molecule has 1 atom stereocenters. The quantitative estimate of drug-likeness (QED) is 0.931. The Kier molecular flexibility index (Phi) is 3.09. The highest BCUT2D eigenvalue weighted by Crippen LogP contribution is 2.40. The number of aliphatic hydroxyl groups excluding tert-OH is 1. The Labute approximate surface area is 128 Å². The van der Waals surface area contributed by atoms with Crippen molar-refractivity contribution in [1.82, 2.24) is 14.8 Å². The van der Waals surface area contributed by atoms with Crippen molar-refractivity contribution in [2.75, 3.05) is 11.4 Å². The van der Waals surface area contributed by atoms with E-state index in [1.54, 1.807) is 18.3 Å². The van der Waals surface area contributed by atoms with Gasteiger partial charge in [-0.2, -0.15) is 10.4 Å². The fraction of sp³-hybridized carbons (Fsp3) is 0.438. The minimum atomic E-state index is -0.434. The molecular formula is C16H17N5O. The lowest BCUT2D eigenvalue weighted by Crippen LogP contribution is -2.34. The summed E-state index contributed by atoms with van der Waals surface area (Å²) in [6.07, 6.45) is 3.46. The summed E-state index contributed by atoms with van der Waals surface area (Å²) in [7, 11) is 0. The maximum absolute atomic E-state index is 10.2. The highest BCUT2D eigenvalue weighted by atomic mass is 16.3. The van der Waals surface area contributed by atoms with Crippen molar-refractivity contribution in [3.63, 3.8) is 0 Å². The third kappa shape index (κ3) is 2.24. The SMILES string of the molecule is N#Cc1cccnc1N1CCn2nc(C(O)C3CC3)cc2C1. The largest absolute Gasteiger partial charge is 0.386 e. The average molecular weight is 295 g/mol. The van der Waals surface area contributed by atoms with Crippen molar-refractivity contribution in [2.45, 2.75) is 32.0 Å². The molecule has 1 saturated carbocycles. The van der Waals surface area contributed by atoms with E-state index in [1.165, 1.54) is 0 Å². The predicted molar refractivity (Wildman–Crippen MR) is 79.9 cm³/mol. The lowest BCUT2D eigenvalue weighted by atomic mass is 10.1. The molecule has 1 N–H and O–H groups in total. The summed E-state index contributed by atoms with van der Waals surface area (Å²) in [5, 5.41) is 24.0. The first-order valence-corrected chi connectivity index (χ1v) is 7.61. The van der Waals surface area contributed by atoms with Crippen LogP contribution in [0.25, 0.3) is 0 Å². The third-order valence-corrected chi connectivity index (χ3v) is 4.40. The molecule has 3 heterocycles. The molecule has 4 rings (SSSR count). The number of pyridine rings is 1. The second-order valence-corrected chi connectivity index (χ2v) is 5.97. The van der Waals surface area contributed by atoms with Gasteiger partial charge in [-0.25, -0.2) is 4.98 Å². The van der Waals surface area contributed by atoms with Gasteiger partial charge in [0, 0.05) is 12.7 Å². The van der Waals surface area contributed by atoms with Gasteiger partial charge in [0.25, 0.3) is 0 Å². The van der Waals surface area contributed by atoms with Crippen molar-refractivity contribution in [2.24, 2.45) is 5.92 Å². The molecule has 6 heteroatoms. The number of nitriles is 1. The second-order valence-electron chi connectivity index (χ2n) is 5.97. The summed E-state index contributed by atoms with van der Waals surface area (Å²) in [5.74, 6) is 1.11. The number of hydrogen-bond donors (Lipinski definition) is 1. The Bertz CT molecular complexity index is 743. The summed E-state index contributed by atoms with van der Waals surface area (Å²) in [4.78, 5) is 6.45. The van der Waals surface area contributed by atoms with Gasteiger partial charge in [-0.05, 0) is 37.0 Å². The van der Waals surface area contributed by atoms with E-state index < -0.39 is 6.10 Å². The van der Waals surface area contributed by atoms with Crippen LogP contribution in [0.2, 0.25) is 0 Å². The summed E-state index contributed by atoms with van der Waals surface area (Å²) in [6, 6.07) is 7.75. The first-order chi connectivity index (χ1) is 10.8. The molecule has 0 aromatic carbocycles. The molecule has 2 aromatic heterocycles. The van der Waals surface area contributed by atoms with Crippen LogP contribution in [-0.4, -0.2) is 26.4 Å². The van der Waals surface area contributed by atoms with Crippen LogP contribution < -0.4 is 4.90 Å². The van der Waals surface area contributed by atoms with Crippen LogP contribution in [0.5, 0.6) is 0 Å². The van der Waals surface area contributed by atoms with Crippen molar-refractivity contribution >= 4 is 5.82 Å². The molecule has 0 radical (unpaired) electrons. The Balaban J connectivity index is 1.60. The third-order valence-electron chi connectivity index (χ3n) is 4.40. The summed E-state index contributed by atoms with van der Waals surface area (Å²) < 4.78 is 1.96.